The van der Waals surface area contributed by atoms with E-state index in [1.807, 2.05) is 13.8 Å². The van der Waals surface area contributed by atoms with Gasteiger partial charge in [0.2, 0.25) is 0 Å². The molecular weight excluding hydrogens is 248 g/mol. The van der Waals surface area contributed by atoms with Crippen LogP contribution in [0.5, 0.6) is 0 Å². The summed E-state index contributed by atoms with van der Waals surface area (Å²) in [6.45, 7) is 5.98. The molecule has 0 aliphatic rings. The molecule has 0 saturated carbocycles. The fourth-order valence-corrected chi connectivity index (χ4v) is 1.46. The van der Waals surface area contributed by atoms with E-state index in [0.29, 0.717) is 16.6 Å². The van der Waals surface area contributed by atoms with Crippen molar-refractivity contribution in [3.8, 4) is 0 Å². The number of fused-ring (bicyclic) bond motifs is 1. The van der Waals surface area contributed by atoms with Gasteiger partial charge in [0.05, 0.1) is 23.2 Å². The number of esters is 1. The summed E-state index contributed by atoms with van der Waals surface area (Å²) in [4.78, 5) is 38.4. The predicted octanol–water partition coefficient (Wildman–Crippen LogP) is 1.42. The first kappa shape index (κ1) is 14.7. The third-order valence-electron chi connectivity index (χ3n) is 2.23. The maximum absolute atomic E-state index is 11.5. The van der Waals surface area contributed by atoms with Crippen LogP contribution in [0.15, 0.2) is 27.8 Å². The smallest absolute Gasteiger partial charge is 0.338 e. The van der Waals surface area contributed by atoms with Gasteiger partial charge in [-0.25, -0.2) is 4.79 Å². The maximum Gasteiger partial charge on any atom is 0.338 e. The van der Waals surface area contributed by atoms with Crippen LogP contribution in [0.1, 0.15) is 31.1 Å². The molecule has 2 aromatic rings. The summed E-state index contributed by atoms with van der Waals surface area (Å²) >= 11 is 0. The van der Waals surface area contributed by atoms with Crippen molar-refractivity contribution >= 4 is 17.0 Å². The van der Waals surface area contributed by atoms with Gasteiger partial charge in [0.25, 0.3) is 0 Å². The molecule has 0 bridgehead atoms. The van der Waals surface area contributed by atoms with Crippen molar-refractivity contribution in [2.75, 3.05) is 6.61 Å². The number of benzene rings is 1. The standard InChI is InChI=1S/C11H10N2O4.C2H6/c1-2-17-11(16)6-3-4-7-8(5-6)13-10(15)9(14)12-7;1-2/h3-5H,2H2,1H3,(H,12,14)(H,13,15);1-2H3. The van der Waals surface area contributed by atoms with E-state index in [4.69, 9.17) is 4.74 Å². The third kappa shape index (κ3) is 3.31. The minimum Gasteiger partial charge on any atom is -0.462 e. The van der Waals surface area contributed by atoms with Crippen LogP contribution >= 0.6 is 0 Å². The van der Waals surface area contributed by atoms with Crippen LogP contribution in [0, 0.1) is 0 Å². The van der Waals surface area contributed by atoms with Gasteiger partial charge in [0.15, 0.2) is 0 Å². The van der Waals surface area contributed by atoms with Crippen LogP contribution in [0.2, 0.25) is 0 Å². The molecule has 1 aromatic carbocycles. The second-order valence-corrected chi connectivity index (χ2v) is 3.39. The zero-order chi connectivity index (χ0) is 14.4. The summed E-state index contributed by atoms with van der Waals surface area (Å²) in [7, 11) is 0. The topological polar surface area (TPSA) is 92.0 Å². The molecule has 2 N–H and O–H groups in total. The molecule has 6 nitrogen and oxygen atoms in total. The van der Waals surface area contributed by atoms with E-state index in [2.05, 4.69) is 9.97 Å². The monoisotopic (exact) mass is 264 g/mol. The Morgan fingerprint density at radius 3 is 2.26 bits per heavy atom. The lowest BCUT2D eigenvalue weighted by molar-refractivity contribution is 0.0526. The number of carbonyl (C=O) groups is 1. The molecule has 0 atom stereocenters. The molecule has 0 aliphatic carbocycles. The average molecular weight is 264 g/mol. The zero-order valence-electron chi connectivity index (χ0n) is 11.1. The van der Waals surface area contributed by atoms with Gasteiger partial charge in [-0.15, -0.1) is 0 Å². The number of H-pyrrole nitrogens is 2. The van der Waals surface area contributed by atoms with Crippen molar-refractivity contribution in [2.24, 2.45) is 0 Å². The first-order valence-corrected chi connectivity index (χ1v) is 6.05. The molecule has 0 unspecified atom stereocenters. The van der Waals surface area contributed by atoms with Crippen LogP contribution in [0.3, 0.4) is 0 Å². The average Bonchev–Trinajstić information content (AvgIpc) is 2.42. The van der Waals surface area contributed by atoms with Crippen molar-refractivity contribution in [3.63, 3.8) is 0 Å². The fourth-order valence-electron chi connectivity index (χ4n) is 1.46. The molecule has 0 spiro atoms. The lowest BCUT2D eigenvalue weighted by Crippen LogP contribution is -2.28. The van der Waals surface area contributed by atoms with Crippen molar-refractivity contribution in [2.45, 2.75) is 20.8 Å². The summed E-state index contributed by atoms with van der Waals surface area (Å²) in [5.74, 6) is -0.471. The molecule has 0 fully saturated rings. The second-order valence-electron chi connectivity index (χ2n) is 3.39. The molecule has 102 valence electrons. The number of aromatic amines is 2. The van der Waals surface area contributed by atoms with Crippen LogP contribution in [-0.4, -0.2) is 22.5 Å². The van der Waals surface area contributed by atoms with Crippen LogP contribution in [-0.2, 0) is 4.74 Å². The Morgan fingerprint density at radius 2 is 1.68 bits per heavy atom. The zero-order valence-corrected chi connectivity index (χ0v) is 11.1. The molecule has 2 rings (SSSR count). The van der Waals surface area contributed by atoms with Crippen molar-refractivity contribution < 1.29 is 9.53 Å². The van der Waals surface area contributed by atoms with Gasteiger partial charge < -0.3 is 14.7 Å². The summed E-state index contributed by atoms with van der Waals surface area (Å²) in [5.41, 5.74) is -0.301. The van der Waals surface area contributed by atoms with Crippen molar-refractivity contribution in [1.29, 1.82) is 0 Å². The number of rotatable bonds is 2. The van der Waals surface area contributed by atoms with Gasteiger partial charge in [-0.1, -0.05) is 13.8 Å². The lowest BCUT2D eigenvalue weighted by atomic mass is 10.2. The number of carbonyl (C=O) groups excluding carboxylic acids is 1. The Kier molecular flexibility index (Phi) is 5.05. The van der Waals surface area contributed by atoms with Gasteiger partial charge in [0.1, 0.15) is 0 Å². The van der Waals surface area contributed by atoms with Crippen molar-refractivity contribution in [1.82, 2.24) is 9.97 Å². The molecule has 0 radical (unpaired) electrons. The van der Waals surface area contributed by atoms with E-state index in [0.717, 1.165) is 0 Å². The number of ether oxygens (including phenoxy) is 1. The van der Waals surface area contributed by atoms with Gasteiger partial charge >= 0.3 is 17.1 Å². The summed E-state index contributed by atoms with van der Waals surface area (Å²) in [5, 5.41) is 0. The van der Waals surface area contributed by atoms with Crippen molar-refractivity contribution in [3.05, 3.63) is 44.5 Å². The van der Waals surface area contributed by atoms with Crippen LogP contribution in [0.4, 0.5) is 0 Å². The maximum atomic E-state index is 11.5. The minimum atomic E-state index is -0.751. The van der Waals surface area contributed by atoms with E-state index in [1.165, 1.54) is 12.1 Å². The fraction of sp³-hybridized carbons (Fsp3) is 0.308. The van der Waals surface area contributed by atoms with Crippen LogP contribution in [0.25, 0.3) is 11.0 Å². The molecule has 19 heavy (non-hydrogen) atoms. The Bertz CT molecular complexity index is 685. The molecule has 1 heterocycles. The molecule has 0 saturated heterocycles. The van der Waals surface area contributed by atoms with E-state index in [-0.39, 0.29) is 6.61 Å². The quantitative estimate of drug-likeness (QED) is 0.633. The first-order chi connectivity index (χ1) is 9.11. The van der Waals surface area contributed by atoms with E-state index in [9.17, 15) is 14.4 Å². The minimum absolute atomic E-state index is 0.277. The Labute approximate surface area is 109 Å². The highest BCUT2D eigenvalue weighted by Crippen LogP contribution is 2.10. The highest BCUT2D eigenvalue weighted by molar-refractivity contribution is 5.93. The predicted molar refractivity (Wildman–Crippen MR) is 72.5 cm³/mol. The molecular formula is C13H16N2O4. The first-order valence-electron chi connectivity index (χ1n) is 6.05. The molecule has 6 heteroatoms. The van der Waals surface area contributed by atoms with Gasteiger partial charge in [-0.05, 0) is 25.1 Å². The molecule has 0 amide bonds. The number of hydrogen-bond acceptors (Lipinski definition) is 4. The van der Waals surface area contributed by atoms with E-state index < -0.39 is 17.1 Å². The number of nitrogens with one attached hydrogen (secondary N) is 2. The van der Waals surface area contributed by atoms with Crippen LogP contribution < -0.4 is 11.1 Å². The Balaban J connectivity index is 0.000000861. The van der Waals surface area contributed by atoms with E-state index in [1.54, 1.807) is 13.0 Å². The SMILES string of the molecule is CC.CCOC(=O)c1ccc2[nH]c(=O)c(=O)[nH]c2c1. The van der Waals surface area contributed by atoms with Gasteiger partial charge in [-0.2, -0.15) is 0 Å². The summed E-state index contributed by atoms with van der Waals surface area (Å²) in [6, 6.07) is 4.53. The number of hydrogen-bond donors (Lipinski definition) is 2. The lowest BCUT2D eigenvalue weighted by Gasteiger charge is -2.02. The molecule has 1 aromatic heterocycles. The van der Waals surface area contributed by atoms with Gasteiger partial charge in [-0.3, -0.25) is 9.59 Å². The Morgan fingerprint density at radius 1 is 1.11 bits per heavy atom. The second kappa shape index (κ2) is 6.53. The molecule has 0 aliphatic heterocycles. The summed E-state index contributed by atoms with van der Waals surface area (Å²) < 4.78 is 4.83. The highest BCUT2D eigenvalue weighted by atomic mass is 16.5. The Hall–Kier alpha value is -2.37. The highest BCUT2D eigenvalue weighted by Gasteiger charge is 2.08. The van der Waals surface area contributed by atoms with E-state index >= 15 is 0 Å². The third-order valence-corrected chi connectivity index (χ3v) is 2.23. The summed E-state index contributed by atoms with van der Waals surface area (Å²) in [6.07, 6.45) is 0. The number of aromatic nitrogens is 2. The normalized spacial score (nSPS) is 9.63. The largest absolute Gasteiger partial charge is 0.462 e. The van der Waals surface area contributed by atoms with Gasteiger partial charge in [0, 0.05) is 0 Å².